The standard InChI is InChI=1S/C17H27NO/c1-4-7-13(3)19-17-9-6-8-14-15(17)10-11-16(14)18-12-5-2/h6,8-9,13,16,18H,4-5,7,10-12H2,1-3H3. The van der Waals surface area contributed by atoms with Crippen molar-refractivity contribution in [3.05, 3.63) is 29.3 Å². The number of hydrogen-bond donors (Lipinski definition) is 1. The minimum Gasteiger partial charge on any atom is -0.490 e. The summed E-state index contributed by atoms with van der Waals surface area (Å²) in [6.45, 7) is 7.70. The molecule has 0 fully saturated rings. The number of ether oxygens (including phenoxy) is 1. The van der Waals surface area contributed by atoms with Crippen LogP contribution >= 0.6 is 0 Å². The second-order valence-electron chi connectivity index (χ2n) is 5.59. The highest BCUT2D eigenvalue weighted by Gasteiger charge is 2.24. The van der Waals surface area contributed by atoms with Crippen molar-refractivity contribution in [2.24, 2.45) is 0 Å². The van der Waals surface area contributed by atoms with Crippen LogP contribution in [0.5, 0.6) is 5.75 Å². The molecular formula is C17H27NO. The Morgan fingerprint density at radius 2 is 2.16 bits per heavy atom. The third-order valence-electron chi connectivity index (χ3n) is 3.89. The van der Waals surface area contributed by atoms with Crippen LogP contribution in [0.15, 0.2) is 18.2 Å². The Balaban J connectivity index is 2.09. The molecule has 0 bridgehead atoms. The minimum atomic E-state index is 0.319. The fraction of sp³-hybridized carbons (Fsp3) is 0.647. The first kappa shape index (κ1) is 14.4. The summed E-state index contributed by atoms with van der Waals surface area (Å²) in [5.74, 6) is 1.11. The van der Waals surface area contributed by atoms with Gasteiger partial charge in [0.25, 0.3) is 0 Å². The molecule has 19 heavy (non-hydrogen) atoms. The highest BCUT2D eigenvalue weighted by atomic mass is 16.5. The summed E-state index contributed by atoms with van der Waals surface area (Å²) in [6.07, 6.45) is 6.16. The van der Waals surface area contributed by atoms with E-state index in [2.05, 4.69) is 44.3 Å². The first-order valence-corrected chi connectivity index (χ1v) is 7.78. The summed E-state index contributed by atoms with van der Waals surface area (Å²) >= 11 is 0. The van der Waals surface area contributed by atoms with Crippen LogP contribution in [0.4, 0.5) is 0 Å². The molecule has 0 radical (unpaired) electrons. The Morgan fingerprint density at radius 1 is 1.32 bits per heavy atom. The highest BCUT2D eigenvalue weighted by molar-refractivity contribution is 5.45. The van der Waals surface area contributed by atoms with Crippen LogP contribution in [0.3, 0.4) is 0 Å². The van der Waals surface area contributed by atoms with Crippen LogP contribution in [0.1, 0.15) is 63.6 Å². The first-order valence-electron chi connectivity index (χ1n) is 7.78. The Kier molecular flexibility index (Phi) is 5.26. The lowest BCUT2D eigenvalue weighted by atomic mass is 10.1. The van der Waals surface area contributed by atoms with Gasteiger partial charge in [-0.3, -0.25) is 0 Å². The van der Waals surface area contributed by atoms with E-state index in [0.717, 1.165) is 25.1 Å². The Hall–Kier alpha value is -1.02. The van der Waals surface area contributed by atoms with Crippen molar-refractivity contribution in [1.29, 1.82) is 0 Å². The quantitative estimate of drug-likeness (QED) is 0.792. The van der Waals surface area contributed by atoms with Crippen molar-refractivity contribution >= 4 is 0 Å². The molecule has 2 rings (SSSR count). The van der Waals surface area contributed by atoms with Gasteiger partial charge in [-0.1, -0.05) is 32.4 Å². The zero-order chi connectivity index (χ0) is 13.7. The van der Waals surface area contributed by atoms with Gasteiger partial charge in [0.1, 0.15) is 5.75 Å². The lowest BCUT2D eigenvalue weighted by Gasteiger charge is -2.18. The molecule has 2 nitrogen and oxygen atoms in total. The number of benzene rings is 1. The average Bonchev–Trinajstić information content (AvgIpc) is 2.81. The molecule has 2 heteroatoms. The predicted octanol–water partition coefficient (Wildman–Crippen LogP) is 4.24. The molecule has 106 valence electrons. The smallest absolute Gasteiger partial charge is 0.123 e. The molecule has 0 saturated carbocycles. The van der Waals surface area contributed by atoms with Gasteiger partial charge in [0.15, 0.2) is 0 Å². The molecule has 0 spiro atoms. The maximum absolute atomic E-state index is 6.12. The number of rotatable bonds is 7. The fourth-order valence-corrected chi connectivity index (χ4v) is 2.94. The van der Waals surface area contributed by atoms with E-state index < -0.39 is 0 Å². The van der Waals surface area contributed by atoms with Crippen LogP contribution in [0.25, 0.3) is 0 Å². The van der Waals surface area contributed by atoms with E-state index in [-0.39, 0.29) is 0 Å². The molecule has 1 aromatic rings. The maximum Gasteiger partial charge on any atom is 0.123 e. The topological polar surface area (TPSA) is 21.3 Å². The monoisotopic (exact) mass is 261 g/mol. The molecule has 0 heterocycles. The molecule has 1 aliphatic rings. The van der Waals surface area contributed by atoms with Crippen molar-refractivity contribution in [2.45, 2.75) is 65.0 Å². The maximum atomic E-state index is 6.12. The average molecular weight is 261 g/mol. The van der Waals surface area contributed by atoms with E-state index >= 15 is 0 Å². The molecule has 0 aliphatic heterocycles. The van der Waals surface area contributed by atoms with Gasteiger partial charge >= 0.3 is 0 Å². The van der Waals surface area contributed by atoms with Gasteiger partial charge in [-0.15, -0.1) is 0 Å². The van der Waals surface area contributed by atoms with Gasteiger partial charge in [0.05, 0.1) is 6.10 Å². The number of hydrogen-bond acceptors (Lipinski definition) is 2. The second-order valence-corrected chi connectivity index (χ2v) is 5.59. The SMILES string of the molecule is CCCNC1CCc2c(OC(C)CCC)cccc21. The van der Waals surface area contributed by atoms with E-state index in [1.165, 1.54) is 30.4 Å². The van der Waals surface area contributed by atoms with Crippen LogP contribution < -0.4 is 10.1 Å². The molecule has 1 N–H and O–H groups in total. The number of fused-ring (bicyclic) bond motifs is 1. The zero-order valence-electron chi connectivity index (χ0n) is 12.5. The summed E-state index contributed by atoms with van der Waals surface area (Å²) in [4.78, 5) is 0. The van der Waals surface area contributed by atoms with Crippen LogP contribution in [-0.4, -0.2) is 12.6 Å². The van der Waals surface area contributed by atoms with Crippen molar-refractivity contribution in [1.82, 2.24) is 5.32 Å². The first-order chi connectivity index (χ1) is 9.26. The van der Waals surface area contributed by atoms with Gasteiger partial charge in [-0.25, -0.2) is 0 Å². The van der Waals surface area contributed by atoms with E-state index in [9.17, 15) is 0 Å². The molecule has 2 atom stereocenters. The van der Waals surface area contributed by atoms with Crippen molar-refractivity contribution in [3.8, 4) is 5.75 Å². The van der Waals surface area contributed by atoms with Crippen molar-refractivity contribution in [2.75, 3.05) is 6.54 Å². The van der Waals surface area contributed by atoms with E-state index in [1.54, 1.807) is 0 Å². The third-order valence-corrected chi connectivity index (χ3v) is 3.89. The van der Waals surface area contributed by atoms with Gasteiger partial charge in [-0.05, 0) is 56.3 Å². The van der Waals surface area contributed by atoms with E-state index in [1.807, 2.05) is 0 Å². The molecule has 2 unspecified atom stereocenters. The fourth-order valence-electron chi connectivity index (χ4n) is 2.94. The van der Waals surface area contributed by atoms with Crippen LogP contribution in [0, 0.1) is 0 Å². The molecule has 0 saturated heterocycles. The summed E-state index contributed by atoms with van der Waals surface area (Å²) < 4.78 is 6.12. The number of nitrogens with one attached hydrogen (secondary N) is 1. The Morgan fingerprint density at radius 3 is 2.89 bits per heavy atom. The highest BCUT2D eigenvalue weighted by Crippen LogP contribution is 2.37. The molecule has 1 aliphatic carbocycles. The minimum absolute atomic E-state index is 0.319. The predicted molar refractivity (Wildman–Crippen MR) is 80.8 cm³/mol. The van der Waals surface area contributed by atoms with Gasteiger partial charge in [0.2, 0.25) is 0 Å². The summed E-state index contributed by atoms with van der Waals surface area (Å²) in [5.41, 5.74) is 2.88. The van der Waals surface area contributed by atoms with Gasteiger partial charge in [-0.2, -0.15) is 0 Å². The lowest BCUT2D eigenvalue weighted by Crippen LogP contribution is -2.19. The summed E-state index contributed by atoms with van der Waals surface area (Å²) in [6, 6.07) is 7.05. The second kappa shape index (κ2) is 6.95. The molecule has 0 amide bonds. The largest absolute Gasteiger partial charge is 0.490 e. The zero-order valence-corrected chi connectivity index (χ0v) is 12.5. The lowest BCUT2D eigenvalue weighted by molar-refractivity contribution is 0.208. The van der Waals surface area contributed by atoms with Crippen molar-refractivity contribution < 1.29 is 4.74 Å². The van der Waals surface area contributed by atoms with E-state index in [0.29, 0.717) is 12.1 Å². The summed E-state index contributed by atoms with van der Waals surface area (Å²) in [5, 5.41) is 3.64. The van der Waals surface area contributed by atoms with Gasteiger partial charge in [0, 0.05) is 6.04 Å². The van der Waals surface area contributed by atoms with Gasteiger partial charge < -0.3 is 10.1 Å². The summed E-state index contributed by atoms with van der Waals surface area (Å²) in [7, 11) is 0. The Bertz CT molecular complexity index is 402. The third kappa shape index (κ3) is 3.50. The molecular weight excluding hydrogens is 234 g/mol. The van der Waals surface area contributed by atoms with Crippen LogP contribution in [-0.2, 0) is 6.42 Å². The van der Waals surface area contributed by atoms with E-state index in [4.69, 9.17) is 4.74 Å². The normalized spacial score (nSPS) is 19.2. The van der Waals surface area contributed by atoms with Crippen LogP contribution in [0.2, 0.25) is 0 Å². The molecule has 1 aromatic carbocycles. The Labute approximate surface area is 117 Å². The molecule has 0 aromatic heterocycles. The van der Waals surface area contributed by atoms with Crippen molar-refractivity contribution in [3.63, 3.8) is 0 Å².